The van der Waals surface area contributed by atoms with Crippen LogP contribution < -0.4 is 5.32 Å². The van der Waals surface area contributed by atoms with Crippen LogP contribution in [0.1, 0.15) is 60.3 Å². The molecule has 0 aromatic heterocycles. The van der Waals surface area contributed by atoms with Crippen molar-refractivity contribution < 1.29 is 9.90 Å². The van der Waals surface area contributed by atoms with Crippen LogP contribution in [0.2, 0.25) is 0 Å². The van der Waals surface area contributed by atoms with Crippen molar-refractivity contribution in [2.24, 2.45) is 5.92 Å². The number of hydrogen-bond acceptors (Lipinski definition) is 3. The first-order chi connectivity index (χ1) is 9.43. The van der Waals surface area contributed by atoms with Crippen LogP contribution in [0.5, 0.6) is 0 Å². The number of carboxylic acid groups (broad SMARTS) is 1. The van der Waals surface area contributed by atoms with Crippen LogP contribution >= 0.6 is 0 Å². The van der Waals surface area contributed by atoms with Crippen molar-refractivity contribution in [3.8, 4) is 0 Å². The molecule has 4 heteroatoms. The van der Waals surface area contributed by atoms with E-state index in [1.54, 1.807) is 6.92 Å². The summed E-state index contributed by atoms with van der Waals surface area (Å²) >= 11 is 0. The van der Waals surface area contributed by atoms with Crippen LogP contribution in [0.4, 0.5) is 0 Å². The third-order valence-electron chi connectivity index (χ3n) is 4.31. The number of carboxylic acids is 1. The Hall–Kier alpha value is -0.610. The maximum atomic E-state index is 11.4. The Morgan fingerprint density at radius 3 is 2.25 bits per heavy atom. The van der Waals surface area contributed by atoms with E-state index in [1.165, 1.54) is 12.8 Å². The lowest BCUT2D eigenvalue weighted by atomic mass is 9.95. The van der Waals surface area contributed by atoms with Gasteiger partial charge in [-0.05, 0) is 45.3 Å². The van der Waals surface area contributed by atoms with Gasteiger partial charge in [0.2, 0.25) is 0 Å². The molecule has 1 atom stereocenters. The standard InChI is InChI=1S/C16H34N2O2/c1-6-14(7-2)13-18(9-4)12-10-11-16(5,15(19)20)17-8-3/h14,17H,6-13H2,1-5H3,(H,19,20). The molecule has 120 valence electrons. The van der Waals surface area contributed by atoms with Crippen molar-refractivity contribution >= 4 is 5.97 Å². The van der Waals surface area contributed by atoms with Gasteiger partial charge in [0.15, 0.2) is 0 Å². The molecule has 0 radical (unpaired) electrons. The van der Waals surface area contributed by atoms with E-state index in [1.807, 2.05) is 6.92 Å². The van der Waals surface area contributed by atoms with Gasteiger partial charge in [-0.3, -0.25) is 4.79 Å². The number of carbonyl (C=O) groups is 1. The number of nitrogens with one attached hydrogen (secondary N) is 1. The molecular weight excluding hydrogens is 252 g/mol. The van der Waals surface area contributed by atoms with E-state index in [4.69, 9.17) is 0 Å². The molecule has 4 nitrogen and oxygen atoms in total. The molecule has 0 saturated carbocycles. The Bertz CT molecular complexity index is 267. The SMILES string of the molecule is CCNC(C)(CCCN(CC)CC(CC)CC)C(=O)O. The van der Waals surface area contributed by atoms with E-state index >= 15 is 0 Å². The summed E-state index contributed by atoms with van der Waals surface area (Å²) in [6.45, 7) is 14.3. The first-order valence-electron chi connectivity index (χ1n) is 8.14. The van der Waals surface area contributed by atoms with Crippen molar-refractivity contribution in [2.45, 2.75) is 65.8 Å². The highest BCUT2D eigenvalue weighted by Crippen LogP contribution is 2.15. The lowest BCUT2D eigenvalue weighted by molar-refractivity contribution is -0.144. The Balaban J connectivity index is 4.26. The predicted octanol–water partition coefficient (Wildman–Crippen LogP) is 2.98. The Kier molecular flexibility index (Phi) is 9.86. The van der Waals surface area contributed by atoms with Gasteiger partial charge >= 0.3 is 5.97 Å². The highest BCUT2D eigenvalue weighted by atomic mass is 16.4. The molecular formula is C16H34N2O2. The monoisotopic (exact) mass is 286 g/mol. The number of aliphatic carboxylic acids is 1. The average Bonchev–Trinajstić information content (AvgIpc) is 2.42. The number of rotatable bonds is 12. The van der Waals surface area contributed by atoms with E-state index in [2.05, 4.69) is 31.0 Å². The molecule has 0 aliphatic carbocycles. The quantitative estimate of drug-likeness (QED) is 0.579. The van der Waals surface area contributed by atoms with Crippen LogP contribution in [-0.4, -0.2) is 47.7 Å². The smallest absolute Gasteiger partial charge is 0.323 e. The Morgan fingerprint density at radius 2 is 1.85 bits per heavy atom. The van der Waals surface area contributed by atoms with E-state index in [9.17, 15) is 9.90 Å². The largest absolute Gasteiger partial charge is 0.480 e. The third kappa shape index (κ3) is 6.71. The van der Waals surface area contributed by atoms with Gasteiger partial charge in [-0.15, -0.1) is 0 Å². The van der Waals surface area contributed by atoms with Gasteiger partial charge in [-0.25, -0.2) is 0 Å². The molecule has 1 unspecified atom stereocenters. The van der Waals surface area contributed by atoms with E-state index in [-0.39, 0.29) is 0 Å². The summed E-state index contributed by atoms with van der Waals surface area (Å²) in [7, 11) is 0. The normalized spacial score (nSPS) is 14.8. The number of nitrogens with zero attached hydrogens (tertiary/aromatic N) is 1. The third-order valence-corrected chi connectivity index (χ3v) is 4.31. The molecule has 0 aromatic carbocycles. The minimum atomic E-state index is -0.789. The van der Waals surface area contributed by atoms with E-state index < -0.39 is 11.5 Å². The molecule has 0 rings (SSSR count). The Labute approximate surface area is 124 Å². The van der Waals surface area contributed by atoms with Gasteiger partial charge in [0.05, 0.1) is 0 Å². The maximum Gasteiger partial charge on any atom is 0.323 e. The molecule has 0 aromatic rings. The summed E-state index contributed by atoms with van der Waals surface area (Å²) in [5.74, 6) is 0.0111. The van der Waals surface area contributed by atoms with Gasteiger partial charge in [0.1, 0.15) is 5.54 Å². The summed E-state index contributed by atoms with van der Waals surface area (Å²) in [6, 6.07) is 0. The fraction of sp³-hybridized carbons (Fsp3) is 0.938. The summed E-state index contributed by atoms with van der Waals surface area (Å²) in [5, 5.41) is 12.4. The van der Waals surface area contributed by atoms with Crippen LogP contribution in [-0.2, 0) is 4.79 Å². The van der Waals surface area contributed by atoms with Crippen molar-refractivity contribution in [1.29, 1.82) is 0 Å². The summed E-state index contributed by atoms with van der Waals surface area (Å²) in [6.07, 6.45) is 4.04. The van der Waals surface area contributed by atoms with Gasteiger partial charge in [0, 0.05) is 6.54 Å². The molecule has 0 aliphatic heterocycles. The van der Waals surface area contributed by atoms with Crippen molar-refractivity contribution in [3.05, 3.63) is 0 Å². The highest BCUT2D eigenvalue weighted by Gasteiger charge is 2.31. The summed E-state index contributed by atoms with van der Waals surface area (Å²) in [5.41, 5.74) is -0.789. The molecule has 0 amide bonds. The lowest BCUT2D eigenvalue weighted by Crippen LogP contribution is -2.49. The number of hydrogen-bond donors (Lipinski definition) is 2. The lowest BCUT2D eigenvalue weighted by Gasteiger charge is -2.29. The molecule has 0 saturated heterocycles. The Morgan fingerprint density at radius 1 is 1.25 bits per heavy atom. The second kappa shape index (κ2) is 10.2. The highest BCUT2D eigenvalue weighted by molar-refractivity contribution is 5.78. The second-order valence-electron chi connectivity index (χ2n) is 5.85. The fourth-order valence-corrected chi connectivity index (χ4v) is 2.61. The predicted molar refractivity (Wildman–Crippen MR) is 85.1 cm³/mol. The molecule has 0 fully saturated rings. The second-order valence-corrected chi connectivity index (χ2v) is 5.85. The zero-order valence-electron chi connectivity index (χ0n) is 14.0. The van der Waals surface area contributed by atoms with Crippen molar-refractivity contribution in [3.63, 3.8) is 0 Å². The molecule has 0 aliphatic rings. The topological polar surface area (TPSA) is 52.6 Å². The van der Waals surface area contributed by atoms with Gasteiger partial charge < -0.3 is 15.3 Å². The molecule has 0 spiro atoms. The van der Waals surface area contributed by atoms with Crippen LogP contribution in [0.15, 0.2) is 0 Å². The molecule has 2 N–H and O–H groups in total. The molecule has 0 heterocycles. The van der Waals surface area contributed by atoms with E-state index in [0.29, 0.717) is 13.0 Å². The first-order valence-corrected chi connectivity index (χ1v) is 8.14. The zero-order valence-corrected chi connectivity index (χ0v) is 14.0. The molecule has 0 bridgehead atoms. The number of likely N-dealkylation sites (N-methyl/N-ethyl adjacent to an activating group) is 1. The van der Waals surface area contributed by atoms with Crippen molar-refractivity contribution in [1.82, 2.24) is 10.2 Å². The van der Waals surface area contributed by atoms with E-state index in [0.717, 1.165) is 32.0 Å². The first kappa shape index (κ1) is 19.4. The minimum Gasteiger partial charge on any atom is -0.480 e. The average molecular weight is 286 g/mol. The van der Waals surface area contributed by atoms with Gasteiger partial charge in [-0.1, -0.05) is 40.5 Å². The van der Waals surface area contributed by atoms with Crippen LogP contribution in [0.3, 0.4) is 0 Å². The maximum absolute atomic E-state index is 11.4. The summed E-state index contributed by atoms with van der Waals surface area (Å²) in [4.78, 5) is 13.8. The van der Waals surface area contributed by atoms with Crippen molar-refractivity contribution in [2.75, 3.05) is 26.2 Å². The van der Waals surface area contributed by atoms with Gasteiger partial charge in [0.25, 0.3) is 0 Å². The van der Waals surface area contributed by atoms with Crippen LogP contribution in [0.25, 0.3) is 0 Å². The molecule has 20 heavy (non-hydrogen) atoms. The van der Waals surface area contributed by atoms with Gasteiger partial charge in [-0.2, -0.15) is 0 Å². The summed E-state index contributed by atoms with van der Waals surface area (Å²) < 4.78 is 0. The zero-order chi connectivity index (χ0) is 15.6. The minimum absolute atomic E-state index is 0.676. The fourth-order valence-electron chi connectivity index (χ4n) is 2.61. The van der Waals surface area contributed by atoms with Crippen LogP contribution in [0, 0.1) is 5.92 Å².